The maximum atomic E-state index is 13.8. The summed E-state index contributed by atoms with van der Waals surface area (Å²) >= 11 is 9.91. The van der Waals surface area contributed by atoms with Gasteiger partial charge in [0.2, 0.25) is 0 Å². The summed E-state index contributed by atoms with van der Waals surface area (Å²) in [6.07, 6.45) is 4.06. The molecule has 3 aromatic carbocycles. The summed E-state index contributed by atoms with van der Waals surface area (Å²) in [5.41, 5.74) is 2.98. The summed E-state index contributed by atoms with van der Waals surface area (Å²) in [5, 5.41) is 3.37. The van der Waals surface area contributed by atoms with Crippen molar-refractivity contribution in [2.24, 2.45) is 0 Å². The lowest BCUT2D eigenvalue weighted by atomic mass is 10.0. The van der Waals surface area contributed by atoms with Crippen LogP contribution in [0.1, 0.15) is 41.9 Å². The molecule has 2 N–H and O–H groups in total. The van der Waals surface area contributed by atoms with E-state index in [2.05, 4.69) is 31.2 Å². The molecule has 0 aliphatic carbocycles. The van der Waals surface area contributed by atoms with Crippen LogP contribution in [-0.4, -0.2) is 57.3 Å². The number of nitrogens with zero attached hydrogens (tertiary/aromatic N) is 3. The van der Waals surface area contributed by atoms with Gasteiger partial charge in [-0.3, -0.25) is 14.5 Å². The smallest absolute Gasteiger partial charge is 0.325 e. The van der Waals surface area contributed by atoms with E-state index in [9.17, 15) is 14.4 Å². The number of imidazole rings is 1. The number of nitrogens with one attached hydrogen (secondary N) is 2. The zero-order valence-corrected chi connectivity index (χ0v) is 25.5. The third-order valence-electron chi connectivity index (χ3n) is 7.72. The third kappa shape index (κ3) is 6.30. The second-order valence-electron chi connectivity index (χ2n) is 10.5. The van der Waals surface area contributed by atoms with E-state index >= 15 is 0 Å². The zero-order valence-electron chi connectivity index (χ0n) is 23.1. The summed E-state index contributed by atoms with van der Waals surface area (Å²) in [5.74, 6) is 0.557. The van der Waals surface area contributed by atoms with Crippen LogP contribution in [0, 0.1) is 0 Å². The molecule has 9 nitrogen and oxygen atoms in total. The second kappa shape index (κ2) is 12.6. The predicted molar refractivity (Wildman–Crippen MR) is 165 cm³/mol. The highest BCUT2D eigenvalue weighted by Crippen LogP contribution is 2.35. The number of halogens is 2. The maximum absolute atomic E-state index is 13.8. The summed E-state index contributed by atoms with van der Waals surface area (Å²) in [6, 6.07) is 20.0. The molecule has 43 heavy (non-hydrogen) atoms. The van der Waals surface area contributed by atoms with Gasteiger partial charge in [-0.1, -0.05) is 76.1 Å². The third-order valence-corrected chi connectivity index (χ3v) is 8.53. The normalized spacial score (nSPS) is 17.3. The number of hydrogen-bond acceptors (Lipinski definition) is 5. The number of aromatic nitrogens is 2. The number of carbonyl (C=O) groups excluding carboxylic acids is 3. The molecular formula is C32H29BrClN5O4. The fraction of sp³-hybridized carbons (Fsp3) is 0.250. The Bertz CT molecular complexity index is 1640. The molecule has 4 amide bonds. The zero-order chi connectivity index (χ0) is 29.9. The average Bonchev–Trinajstić information content (AvgIpc) is 3.77. The number of benzene rings is 3. The molecular weight excluding hydrogens is 634 g/mol. The minimum atomic E-state index is -0.874. The molecule has 2 atom stereocenters. The number of likely N-dealkylation sites (tertiary alicyclic amines) is 1. The van der Waals surface area contributed by atoms with Gasteiger partial charge < -0.3 is 19.9 Å². The molecule has 220 valence electrons. The Labute approximate surface area is 262 Å². The Hall–Kier alpha value is -4.15. The van der Waals surface area contributed by atoms with Crippen LogP contribution in [0.3, 0.4) is 0 Å². The lowest BCUT2D eigenvalue weighted by Gasteiger charge is -2.24. The Balaban J connectivity index is 1.22. The first-order chi connectivity index (χ1) is 20.9. The maximum Gasteiger partial charge on any atom is 0.325 e. The van der Waals surface area contributed by atoms with Crippen molar-refractivity contribution in [1.82, 2.24) is 25.1 Å². The fourth-order valence-electron chi connectivity index (χ4n) is 5.47. The molecule has 0 radical (unpaired) electrons. The standard InChI is InChI=1S/C32H29BrClN5O4/c33-22-10-13-24(25(34)17-22)26-18-35-30(36-26)27(16-20-6-2-1-3-7-20)39-31(41)29(37-32(39)42)21-8-11-23(12-9-21)43-19-28(40)38-14-4-5-15-38/h1-3,6-13,17-18,27,29H,4-5,14-16,19H2,(H,35,36)(H,37,42)/t27-,29?/m0/s1. The predicted octanol–water partition coefficient (Wildman–Crippen LogP) is 6.07. The number of imide groups is 1. The van der Waals surface area contributed by atoms with E-state index in [-0.39, 0.29) is 18.4 Å². The van der Waals surface area contributed by atoms with E-state index < -0.39 is 18.1 Å². The molecule has 2 fully saturated rings. The first-order valence-electron chi connectivity index (χ1n) is 14.1. The van der Waals surface area contributed by atoms with Gasteiger partial charge in [0.15, 0.2) is 6.61 Å². The van der Waals surface area contributed by atoms with E-state index in [1.165, 1.54) is 4.90 Å². The van der Waals surface area contributed by atoms with Crippen LogP contribution in [0.4, 0.5) is 4.79 Å². The van der Waals surface area contributed by atoms with Crippen LogP contribution in [-0.2, 0) is 16.0 Å². The molecule has 2 aliphatic rings. The van der Waals surface area contributed by atoms with Gasteiger partial charge in [0.1, 0.15) is 23.7 Å². The van der Waals surface area contributed by atoms with Crippen LogP contribution in [0.5, 0.6) is 5.75 Å². The number of H-pyrrole nitrogens is 1. The molecule has 0 saturated carbocycles. The molecule has 3 heterocycles. The molecule has 2 saturated heterocycles. The molecule has 1 aromatic heterocycles. The topological polar surface area (TPSA) is 108 Å². The minimum Gasteiger partial charge on any atom is -0.484 e. The van der Waals surface area contributed by atoms with Gasteiger partial charge in [0.25, 0.3) is 11.8 Å². The van der Waals surface area contributed by atoms with Crippen LogP contribution >= 0.6 is 27.5 Å². The Kier molecular flexibility index (Phi) is 8.49. The fourth-order valence-corrected chi connectivity index (χ4v) is 6.25. The van der Waals surface area contributed by atoms with Crippen molar-refractivity contribution in [2.45, 2.75) is 31.3 Å². The monoisotopic (exact) mass is 661 g/mol. The van der Waals surface area contributed by atoms with Crippen LogP contribution in [0.15, 0.2) is 83.5 Å². The molecule has 0 bridgehead atoms. The summed E-state index contributed by atoms with van der Waals surface area (Å²) in [6.45, 7) is 1.50. The highest BCUT2D eigenvalue weighted by Gasteiger charge is 2.44. The summed E-state index contributed by atoms with van der Waals surface area (Å²) in [7, 11) is 0. The van der Waals surface area contributed by atoms with E-state index in [0.29, 0.717) is 34.3 Å². The number of amides is 4. The van der Waals surface area contributed by atoms with Crippen LogP contribution < -0.4 is 10.1 Å². The van der Waals surface area contributed by atoms with Gasteiger partial charge in [0.05, 0.1) is 16.9 Å². The Morgan fingerprint density at radius 3 is 2.51 bits per heavy atom. The second-order valence-corrected chi connectivity index (χ2v) is 11.9. The average molecular weight is 663 g/mol. The van der Waals surface area contributed by atoms with Crippen molar-refractivity contribution in [1.29, 1.82) is 0 Å². The van der Waals surface area contributed by atoms with Crippen molar-refractivity contribution in [3.63, 3.8) is 0 Å². The number of aromatic amines is 1. The van der Waals surface area contributed by atoms with E-state index in [1.807, 2.05) is 42.5 Å². The highest BCUT2D eigenvalue weighted by molar-refractivity contribution is 9.10. The SMILES string of the molecule is O=C(COc1ccc(C2NC(=O)N([C@@H](Cc3ccccc3)c3ncc(-c4ccc(Br)cc4Cl)[nH]3)C2=O)cc1)N1CCCC1. The van der Waals surface area contributed by atoms with Gasteiger partial charge in [0, 0.05) is 29.5 Å². The van der Waals surface area contributed by atoms with Crippen molar-refractivity contribution < 1.29 is 19.1 Å². The molecule has 2 aliphatic heterocycles. The Morgan fingerprint density at radius 2 is 1.79 bits per heavy atom. The molecule has 0 spiro atoms. The number of carbonyl (C=O) groups is 3. The Morgan fingerprint density at radius 1 is 1.05 bits per heavy atom. The lowest BCUT2D eigenvalue weighted by molar-refractivity contribution is -0.132. The summed E-state index contributed by atoms with van der Waals surface area (Å²) < 4.78 is 6.54. The number of urea groups is 1. The quantitative estimate of drug-likeness (QED) is 0.212. The number of ether oxygens (including phenoxy) is 1. The molecule has 11 heteroatoms. The van der Waals surface area contributed by atoms with Gasteiger partial charge in [-0.2, -0.15) is 0 Å². The van der Waals surface area contributed by atoms with Gasteiger partial charge >= 0.3 is 6.03 Å². The van der Waals surface area contributed by atoms with Gasteiger partial charge in [-0.15, -0.1) is 0 Å². The van der Waals surface area contributed by atoms with E-state index in [4.69, 9.17) is 16.3 Å². The van der Waals surface area contributed by atoms with Crippen molar-refractivity contribution >= 4 is 45.4 Å². The van der Waals surface area contributed by atoms with Crippen molar-refractivity contribution in [2.75, 3.05) is 19.7 Å². The molecule has 6 rings (SSSR count). The molecule has 4 aromatic rings. The van der Waals surface area contributed by atoms with Gasteiger partial charge in [-0.05, 0) is 48.2 Å². The highest BCUT2D eigenvalue weighted by atomic mass is 79.9. The van der Waals surface area contributed by atoms with Crippen LogP contribution in [0.2, 0.25) is 5.02 Å². The number of hydrogen-bond donors (Lipinski definition) is 2. The van der Waals surface area contributed by atoms with Crippen LogP contribution in [0.25, 0.3) is 11.3 Å². The van der Waals surface area contributed by atoms with E-state index in [0.717, 1.165) is 41.5 Å². The van der Waals surface area contributed by atoms with Crippen molar-refractivity contribution in [3.8, 4) is 17.0 Å². The first kappa shape index (κ1) is 28.9. The largest absolute Gasteiger partial charge is 0.484 e. The minimum absolute atomic E-state index is 0.0377. The van der Waals surface area contributed by atoms with Crippen molar-refractivity contribution in [3.05, 3.63) is 105 Å². The first-order valence-corrected chi connectivity index (χ1v) is 15.2. The lowest BCUT2D eigenvalue weighted by Crippen LogP contribution is -2.36. The molecule has 1 unspecified atom stereocenters. The van der Waals surface area contributed by atoms with Gasteiger partial charge in [-0.25, -0.2) is 9.78 Å². The van der Waals surface area contributed by atoms with E-state index in [1.54, 1.807) is 41.4 Å². The number of rotatable bonds is 9. The summed E-state index contributed by atoms with van der Waals surface area (Å²) in [4.78, 5) is 50.5.